The predicted octanol–water partition coefficient (Wildman–Crippen LogP) is 0.409. The first kappa shape index (κ1) is 11.3. The second kappa shape index (κ2) is 4.73. The van der Waals surface area contributed by atoms with Crippen LogP contribution in [0.25, 0.3) is 0 Å². The average molecular weight is 230 g/mol. The van der Waals surface area contributed by atoms with Crippen LogP contribution in [0.3, 0.4) is 0 Å². The Morgan fingerprint density at radius 3 is 2.94 bits per heavy atom. The minimum absolute atomic E-state index is 0.278. The van der Waals surface area contributed by atoms with E-state index in [4.69, 9.17) is 11.3 Å². The highest BCUT2D eigenvalue weighted by Gasteiger charge is 2.17. The maximum atomic E-state index is 7.14. The molecule has 0 radical (unpaired) electrons. The fraction of sp³-hybridized carbons (Fsp3) is 0.273. The van der Waals surface area contributed by atoms with Crippen LogP contribution in [0.5, 0.6) is 0 Å². The molecule has 6 heteroatoms. The van der Waals surface area contributed by atoms with Crippen LogP contribution in [0.2, 0.25) is 0 Å². The number of nitrogens with zero attached hydrogens (tertiary/aromatic N) is 4. The van der Waals surface area contributed by atoms with Gasteiger partial charge in [0, 0.05) is 38.1 Å². The van der Waals surface area contributed by atoms with Gasteiger partial charge in [-0.3, -0.25) is 9.99 Å². The minimum atomic E-state index is 0.278. The Hall–Kier alpha value is -2.24. The molecule has 1 atom stereocenters. The monoisotopic (exact) mass is 230 g/mol. The Labute approximate surface area is 99.4 Å². The summed E-state index contributed by atoms with van der Waals surface area (Å²) in [6, 6.07) is 3.78. The lowest BCUT2D eigenvalue weighted by Gasteiger charge is -2.10. The molecule has 1 aliphatic rings. The van der Waals surface area contributed by atoms with Crippen molar-refractivity contribution in [3.8, 4) is 0 Å². The lowest BCUT2D eigenvalue weighted by atomic mass is 10.0. The average Bonchev–Trinajstić information content (AvgIpc) is 2.78. The molecule has 0 bridgehead atoms. The van der Waals surface area contributed by atoms with Gasteiger partial charge < -0.3 is 11.3 Å². The Morgan fingerprint density at radius 1 is 1.65 bits per heavy atom. The molecular weight excluding hydrogens is 216 g/mol. The molecule has 0 spiro atoms. The zero-order chi connectivity index (χ0) is 12.3. The number of aromatic nitrogens is 1. The van der Waals surface area contributed by atoms with E-state index in [2.05, 4.69) is 15.2 Å². The zero-order valence-corrected chi connectivity index (χ0v) is 9.54. The summed E-state index contributed by atoms with van der Waals surface area (Å²) in [6.07, 6.45) is 4.78. The summed E-state index contributed by atoms with van der Waals surface area (Å²) >= 11 is 0. The molecule has 2 rings (SSSR count). The number of hydrogen-bond acceptors (Lipinski definition) is 6. The van der Waals surface area contributed by atoms with Crippen molar-refractivity contribution < 1.29 is 0 Å². The van der Waals surface area contributed by atoms with Crippen molar-refractivity contribution >= 4 is 18.1 Å². The van der Waals surface area contributed by atoms with Gasteiger partial charge in [0.15, 0.2) is 0 Å². The standard InChI is InChI=1S/C11H14N6/c1-17-7-9(6-15-17)8-2-3-10(14-5-8)11(4-12)16-13/h2-6,9,12H,7,13H2,1H3/b12-4?,16-11-. The van der Waals surface area contributed by atoms with Crippen molar-refractivity contribution in [3.63, 3.8) is 0 Å². The molecule has 1 aromatic heterocycles. The van der Waals surface area contributed by atoms with Crippen molar-refractivity contribution in [3.05, 3.63) is 29.6 Å². The molecule has 3 N–H and O–H groups in total. The molecule has 1 unspecified atom stereocenters. The van der Waals surface area contributed by atoms with Gasteiger partial charge in [0.2, 0.25) is 0 Å². The highest BCUT2D eigenvalue weighted by Crippen LogP contribution is 2.18. The molecular formula is C11H14N6. The fourth-order valence-electron chi connectivity index (χ4n) is 1.72. The molecule has 1 aromatic rings. The van der Waals surface area contributed by atoms with Gasteiger partial charge in [-0.05, 0) is 11.6 Å². The van der Waals surface area contributed by atoms with Crippen molar-refractivity contribution in [1.29, 1.82) is 5.41 Å². The first-order valence-corrected chi connectivity index (χ1v) is 5.24. The van der Waals surface area contributed by atoms with Gasteiger partial charge in [0.25, 0.3) is 0 Å². The van der Waals surface area contributed by atoms with Crippen LogP contribution in [0.1, 0.15) is 17.2 Å². The molecule has 0 amide bonds. The molecule has 0 saturated heterocycles. The zero-order valence-electron chi connectivity index (χ0n) is 9.54. The van der Waals surface area contributed by atoms with Crippen LogP contribution in [-0.4, -0.2) is 41.7 Å². The van der Waals surface area contributed by atoms with E-state index >= 15 is 0 Å². The van der Waals surface area contributed by atoms with Crippen LogP contribution in [0.15, 0.2) is 28.5 Å². The summed E-state index contributed by atoms with van der Waals surface area (Å²) in [7, 11) is 1.94. The Balaban J connectivity index is 2.19. The van der Waals surface area contributed by atoms with Crippen LogP contribution >= 0.6 is 0 Å². The third-order valence-electron chi connectivity index (χ3n) is 2.66. The third-order valence-corrected chi connectivity index (χ3v) is 2.66. The van der Waals surface area contributed by atoms with Gasteiger partial charge in [0.1, 0.15) is 5.71 Å². The lowest BCUT2D eigenvalue weighted by Crippen LogP contribution is -2.13. The molecule has 6 nitrogen and oxygen atoms in total. The second-order valence-electron chi connectivity index (χ2n) is 3.85. The molecule has 2 heterocycles. The maximum Gasteiger partial charge on any atom is 0.126 e. The highest BCUT2D eigenvalue weighted by atomic mass is 15.4. The molecule has 17 heavy (non-hydrogen) atoms. The Morgan fingerprint density at radius 2 is 2.47 bits per heavy atom. The third kappa shape index (κ3) is 2.30. The van der Waals surface area contributed by atoms with Crippen molar-refractivity contribution in [2.75, 3.05) is 13.6 Å². The number of hydrazone groups is 2. The van der Waals surface area contributed by atoms with Crippen LogP contribution < -0.4 is 5.84 Å². The number of hydrogen-bond donors (Lipinski definition) is 2. The SMILES string of the molecule is CN1CC(c2ccc(/C(C=N)=N\N)nc2)C=N1. The van der Waals surface area contributed by atoms with E-state index in [0.29, 0.717) is 11.4 Å². The maximum absolute atomic E-state index is 7.14. The first-order chi connectivity index (χ1) is 8.24. The lowest BCUT2D eigenvalue weighted by molar-refractivity contribution is 0.381. The Kier molecular flexibility index (Phi) is 3.13. The number of nitrogens with one attached hydrogen (secondary N) is 1. The van der Waals surface area contributed by atoms with E-state index in [1.54, 1.807) is 6.20 Å². The predicted molar refractivity (Wildman–Crippen MR) is 67.6 cm³/mol. The van der Waals surface area contributed by atoms with Crippen molar-refractivity contribution in [2.24, 2.45) is 16.0 Å². The molecule has 88 valence electrons. The molecule has 0 aromatic carbocycles. The Bertz CT molecular complexity index is 461. The van der Waals surface area contributed by atoms with E-state index in [0.717, 1.165) is 18.3 Å². The van der Waals surface area contributed by atoms with Gasteiger partial charge in [0.05, 0.1) is 5.69 Å². The number of rotatable bonds is 3. The van der Waals surface area contributed by atoms with Crippen LogP contribution in [0.4, 0.5) is 0 Å². The summed E-state index contributed by atoms with van der Waals surface area (Å²) in [4.78, 5) is 4.25. The number of nitrogens with two attached hydrogens (primary N) is 1. The minimum Gasteiger partial charge on any atom is -0.323 e. The van der Waals surface area contributed by atoms with Gasteiger partial charge in [-0.1, -0.05) is 6.07 Å². The molecule has 0 saturated carbocycles. The quantitative estimate of drug-likeness (QED) is 0.447. The highest BCUT2D eigenvalue weighted by molar-refractivity contribution is 6.36. The van der Waals surface area contributed by atoms with E-state index in [1.807, 2.05) is 30.4 Å². The summed E-state index contributed by atoms with van der Waals surface area (Å²) < 4.78 is 0. The normalized spacial score (nSPS) is 19.7. The van der Waals surface area contributed by atoms with E-state index in [1.165, 1.54) is 0 Å². The van der Waals surface area contributed by atoms with Gasteiger partial charge in [-0.2, -0.15) is 10.2 Å². The van der Waals surface area contributed by atoms with Crippen LogP contribution in [-0.2, 0) is 0 Å². The van der Waals surface area contributed by atoms with Crippen LogP contribution in [0, 0.1) is 5.41 Å². The summed E-state index contributed by atoms with van der Waals surface area (Å²) in [5.41, 5.74) is 2.08. The first-order valence-electron chi connectivity index (χ1n) is 5.24. The summed E-state index contributed by atoms with van der Waals surface area (Å²) in [5.74, 6) is 5.44. The smallest absolute Gasteiger partial charge is 0.126 e. The fourth-order valence-corrected chi connectivity index (χ4v) is 1.72. The number of likely N-dealkylation sites (N-methyl/N-ethyl adjacent to an activating group) is 1. The summed E-state index contributed by atoms with van der Waals surface area (Å²) in [6.45, 7) is 0.865. The van der Waals surface area contributed by atoms with E-state index in [-0.39, 0.29) is 5.92 Å². The molecule has 0 aliphatic carbocycles. The second-order valence-corrected chi connectivity index (χ2v) is 3.85. The van der Waals surface area contributed by atoms with Gasteiger partial charge in [-0.25, -0.2) is 0 Å². The van der Waals surface area contributed by atoms with Gasteiger partial charge in [-0.15, -0.1) is 0 Å². The topological polar surface area (TPSA) is 90.7 Å². The molecule has 1 aliphatic heterocycles. The summed E-state index contributed by atoms with van der Waals surface area (Å²) in [5, 5.41) is 16.7. The van der Waals surface area contributed by atoms with Crippen molar-refractivity contribution in [2.45, 2.75) is 5.92 Å². The molecule has 0 fully saturated rings. The van der Waals surface area contributed by atoms with Gasteiger partial charge >= 0.3 is 0 Å². The largest absolute Gasteiger partial charge is 0.323 e. The van der Waals surface area contributed by atoms with E-state index < -0.39 is 0 Å². The van der Waals surface area contributed by atoms with Crippen molar-refractivity contribution in [1.82, 2.24) is 9.99 Å². The number of pyridine rings is 1. The van der Waals surface area contributed by atoms with E-state index in [9.17, 15) is 0 Å².